The van der Waals surface area contributed by atoms with E-state index in [1.807, 2.05) is 37.3 Å². The van der Waals surface area contributed by atoms with Crippen LogP contribution in [0, 0.1) is 11.3 Å². The van der Waals surface area contributed by atoms with Gasteiger partial charge in [0.2, 0.25) is 0 Å². The van der Waals surface area contributed by atoms with E-state index in [1.54, 1.807) is 24.3 Å². The normalized spacial score (nSPS) is 15.0. The van der Waals surface area contributed by atoms with Crippen molar-refractivity contribution in [2.45, 2.75) is 6.92 Å². The van der Waals surface area contributed by atoms with Gasteiger partial charge in [0.15, 0.2) is 22.4 Å². The molecule has 0 radical (unpaired) electrons. The standard InChI is InChI=1S/C20H15BrN2O3S2/c1-2-25-17-11-13(3-8-16(17)26-10-9-22)12-18-19(24)23(20(27)28-18)15-6-4-14(21)5-7-15/h3-8,11-12H,2,10H2,1H3/b18-12-. The molecule has 0 aliphatic carbocycles. The maximum Gasteiger partial charge on any atom is 0.270 e. The van der Waals surface area contributed by atoms with E-state index >= 15 is 0 Å². The number of benzene rings is 2. The molecule has 1 heterocycles. The van der Waals surface area contributed by atoms with Crippen molar-refractivity contribution in [3.05, 3.63) is 57.4 Å². The molecule has 28 heavy (non-hydrogen) atoms. The van der Waals surface area contributed by atoms with Crippen LogP contribution in [0.1, 0.15) is 12.5 Å². The van der Waals surface area contributed by atoms with Crippen LogP contribution in [0.2, 0.25) is 0 Å². The predicted molar refractivity (Wildman–Crippen MR) is 119 cm³/mol. The molecule has 0 aromatic heterocycles. The number of carbonyl (C=O) groups is 1. The molecule has 1 saturated heterocycles. The predicted octanol–water partition coefficient (Wildman–Crippen LogP) is 5.16. The monoisotopic (exact) mass is 474 g/mol. The van der Waals surface area contributed by atoms with Gasteiger partial charge in [-0.15, -0.1) is 0 Å². The molecule has 1 aliphatic rings. The molecule has 0 bridgehead atoms. The Bertz CT molecular complexity index is 984. The molecule has 1 aliphatic heterocycles. The lowest BCUT2D eigenvalue weighted by Gasteiger charge is -2.14. The van der Waals surface area contributed by atoms with Crippen LogP contribution in [0.15, 0.2) is 51.8 Å². The number of halogens is 1. The van der Waals surface area contributed by atoms with Gasteiger partial charge >= 0.3 is 0 Å². The highest BCUT2D eigenvalue weighted by atomic mass is 79.9. The van der Waals surface area contributed by atoms with Crippen LogP contribution in [-0.2, 0) is 4.79 Å². The van der Waals surface area contributed by atoms with Gasteiger partial charge in [0, 0.05) is 4.47 Å². The fourth-order valence-corrected chi connectivity index (χ4v) is 4.11. The average Bonchev–Trinajstić information content (AvgIpc) is 2.95. The van der Waals surface area contributed by atoms with Crippen molar-refractivity contribution in [1.29, 1.82) is 5.26 Å². The van der Waals surface area contributed by atoms with E-state index in [2.05, 4.69) is 15.9 Å². The van der Waals surface area contributed by atoms with E-state index in [0.717, 1.165) is 15.7 Å². The minimum Gasteiger partial charge on any atom is -0.490 e. The van der Waals surface area contributed by atoms with Crippen molar-refractivity contribution in [2.75, 3.05) is 18.1 Å². The number of amides is 1. The zero-order valence-corrected chi connectivity index (χ0v) is 18.1. The molecule has 3 rings (SSSR count). The average molecular weight is 475 g/mol. The number of carbonyl (C=O) groups excluding carboxylic acids is 1. The van der Waals surface area contributed by atoms with Gasteiger partial charge in [-0.3, -0.25) is 9.69 Å². The smallest absolute Gasteiger partial charge is 0.270 e. The number of hydrogen-bond acceptors (Lipinski definition) is 6. The van der Waals surface area contributed by atoms with Crippen molar-refractivity contribution in [3.8, 4) is 17.6 Å². The number of thioether (sulfide) groups is 1. The Morgan fingerprint density at radius 3 is 2.64 bits per heavy atom. The molecule has 0 spiro atoms. The Kier molecular flexibility index (Phi) is 6.73. The highest BCUT2D eigenvalue weighted by Gasteiger charge is 2.33. The zero-order valence-electron chi connectivity index (χ0n) is 14.8. The summed E-state index contributed by atoms with van der Waals surface area (Å²) in [6.07, 6.45) is 1.77. The van der Waals surface area contributed by atoms with E-state index in [1.165, 1.54) is 16.7 Å². The summed E-state index contributed by atoms with van der Waals surface area (Å²) in [7, 11) is 0. The van der Waals surface area contributed by atoms with Crippen LogP contribution in [0.4, 0.5) is 5.69 Å². The maximum atomic E-state index is 12.9. The van der Waals surface area contributed by atoms with Crippen LogP contribution in [0.3, 0.4) is 0 Å². The third-order valence-electron chi connectivity index (χ3n) is 3.74. The number of rotatable bonds is 6. The first-order valence-electron chi connectivity index (χ1n) is 8.33. The maximum absolute atomic E-state index is 12.9. The van der Waals surface area contributed by atoms with Crippen LogP contribution in [0.25, 0.3) is 6.08 Å². The zero-order chi connectivity index (χ0) is 20.1. The second-order valence-electron chi connectivity index (χ2n) is 5.58. The van der Waals surface area contributed by atoms with Gasteiger partial charge in [0.05, 0.1) is 17.2 Å². The molecule has 0 N–H and O–H groups in total. The van der Waals surface area contributed by atoms with Crippen molar-refractivity contribution in [3.63, 3.8) is 0 Å². The molecule has 2 aromatic rings. The number of nitrogens with zero attached hydrogens (tertiary/aromatic N) is 2. The Morgan fingerprint density at radius 2 is 1.96 bits per heavy atom. The number of anilines is 1. The van der Waals surface area contributed by atoms with Crippen molar-refractivity contribution in [2.24, 2.45) is 0 Å². The molecular weight excluding hydrogens is 460 g/mol. The van der Waals surface area contributed by atoms with Gasteiger partial charge in [-0.2, -0.15) is 5.26 Å². The Balaban J connectivity index is 1.88. The van der Waals surface area contributed by atoms with Gasteiger partial charge in [0.1, 0.15) is 6.07 Å². The molecule has 8 heteroatoms. The van der Waals surface area contributed by atoms with E-state index in [4.69, 9.17) is 27.0 Å². The highest BCUT2D eigenvalue weighted by Crippen LogP contribution is 2.37. The molecule has 2 aromatic carbocycles. The van der Waals surface area contributed by atoms with Crippen molar-refractivity contribution < 1.29 is 14.3 Å². The molecule has 1 amide bonds. The van der Waals surface area contributed by atoms with Gasteiger partial charge in [0.25, 0.3) is 5.91 Å². The van der Waals surface area contributed by atoms with Crippen molar-refractivity contribution in [1.82, 2.24) is 0 Å². The topological polar surface area (TPSA) is 62.6 Å². The first-order chi connectivity index (χ1) is 13.5. The minimum atomic E-state index is -0.167. The van der Waals surface area contributed by atoms with E-state index in [-0.39, 0.29) is 12.5 Å². The first-order valence-corrected chi connectivity index (χ1v) is 10.4. The summed E-state index contributed by atoms with van der Waals surface area (Å²) in [6, 6.07) is 14.7. The van der Waals surface area contributed by atoms with Gasteiger partial charge in [-0.25, -0.2) is 0 Å². The molecule has 0 unspecified atom stereocenters. The summed E-state index contributed by atoms with van der Waals surface area (Å²) < 4.78 is 12.4. The number of nitriles is 1. The number of ether oxygens (including phenoxy) is 2. The van der Waals surface area contributed by atoms with Gasteiger partial charge in [-0.05, 0) is 55.0 Å². The van der Waals surface area contributed by atoms with Gasteiger partial charge < -0.3 is 9.47 Å². The minimum absolute atomic E-state index is 0.0642. The second-order valence-corrected chi connectivity index (χ2v) is 8.17. The molecule has 5 nitrogen and oxygen atoms in total. The van der Waals surface area contributed by atoms with E-state index < -0.39 is 0 Å². The summed E-state index contributed by atoms with van der Waals surface area (Å²) in [5.74, 6) is 0.845. The third-order valence-corrected chi connectivity index (χ3v) is 5.57. The Labute approximate surface area is 181 Å². The summed E-state index contributed by atoms with van der Waals surface area (Å²) in [6.45, 7) is 2.26. The van der Waals surface area contributed by atoms with Crippen molar-refractivity contribution >= 4 is 61.9 Å². The SMILES string of the molecule is CCOc1cc(/C=C2\SC(=S)N(c3ccc(Br)cc3)C2=O)ccc1OCC#N. The van der Waals surface area contributed by atoms with Crippen LogP contribution in [-0.4, -0.2) is 23.4 Å². The quantitative estimate of drug-likeness (QED) is 0.425. The Morgan fingerprint density at radius 1 is 1.21 bits per heavy atom. The summed E-state index contributed by atoms with van der Waals surface area (Å²) in [5, 5.41) is 8.70. The lowest BCUT2D eigenvalue weighted by atomic mass is 10.1. The Hall–Kier alpha value is -2.34. The second kappa shape index (κ2) is 9.24. The van der Waals surface area contributed by atoms with Gasteiger partial charge in [-0.1, -0.05) is 46.0 Å². The fraction of sp³-hybridized carbons (Fsp3) is 0.150. The molecule has 1 fully saturated rings. The third kappa shape index (κ3) is 4.55. The lowest BCUT2D eigenvalue weighted by molar-refractivity contribution is -0.113. The van der Waals surface area contributed by atoms with Crippen LogP contribution in [0.5, 0.6) is 11.5 Å². The number of hydrogen-bond donors (Lipinski definition) is 0. The lowest BCUT2D eigenvalue weighted by Crippen LogP contribution is -2.27. The molecular formula is C20H15BrN2O3S2. The molecule has 142 valence electrons. The summed E-state index contributed by atoms with van der Waals surface area (Å²) >= 11 is 10.0. The first kappa shape index (κ1) is 20.4. The largest absolute Gasteiger partial charge is 0.490 e. The molecule has 0 saturated carbocycles. The van der Waals surface area contributed by atoms with Crippen LogP contribution < -0.4 is 14.4 Å². The summed E-state index contributed by atoms with van der Waals surface area (Å²) in [4.78, 5) is 14.9. The van der Waals surface area contributed by atoms with E-state index in [9.17, 15) is 4.79 Å². The fourth-order valence-electron chi connectivity index (χ4n) is 2.54. The van der Waals surface area contributed by atoms with E-state index in [0.29, 0.717) is 27.3 Å². The number of thiocarbonyl (C=S) groups is 1. The highest BCUT2D eigenvalue weighted by molar-refractivity contribution is 9.10. The molecule has 0 atom stereocenters. The van der Waals surface area contributed by atoms with Crippen LogP contribution >= 0.6 is 39.9 Å². The summed E-state index contributed by atoms with van der Waals surface area (Å²) in [5.41, 5.74) is 1.51.